The van der Waals surface area contributed by atoms with E-state index in [0.717, 1.165) is 5.56 Å². The smallest absolute Gasteiger partial charge is 0.115 e. The van der Waals surface area contributed by atoms with E-state index in [1.807, 2.05) is 13.8 Å². The summed E-state index contributed by atoms with van der Waals surface area (Å²) in [6.45, 7) is 5.71. The summed E-state index contributed by atoms with van der Waals surface area (Å²) < 4.78 is 0. The highest BCUT2D eigenvalue weighted by molar-refractivity contribution is 5.29. The van der Waals surface area contributed by atoms with Gasteiger partial charge >= 0.3 is 0 Å². The van der Waals surface area contributed by atoms with Crippen LogP contribution < -0.4 is 0 Å². The van der Waals surface area contributed by atoms with Crippen molar-refractivity contribution in [3.05, 3.63) is 29.8 Å². The van der Waals surface area contributed by atoms with E-state index in [-0.39, 0.29) is 11.7 Å². The number of rotatable bonds is 2. The average molecular weight is 180 g/mol. The Kier molecular flexibility index (Phi) is 2.62. The summed E-state index contributed by atoms with van der Waals surface area (Å²) in [5.41, 5.74) is 0.00792. The monoisotopic (exact) mass is 180 g/mol. The van der Waals surface area contributed by atoms with Crippen LogP contribution in [0.4, 0.5) is 0 Å². The van der Waals surface area contributed by atoms with Crippen molar-refractivity contribution in [2.24, 2.45) is 5.92 Å². The Morgan fingerprint density at radius 2 is 1.62 bits per heavy atom. The summed E-state index contributed by atoms with van der Waals surface area (Å²) in [7, 11) is 0. The van der Waals surface area contributed by atoms with Crippen LogP contribution in [0.5, 0.6) is 5.75 Å². The molecule has 0 aliphatic carbocycles. The van der Waals surface area contributed by atoms with Crippen molar-refractivity contribution >= 4 is 0 Å². The molecule has 2 nitrogen and oxygen atoms in total. The van der Waals surface area contributed by atoms with E-state index in [2.05, 4.69) is 0 Å². The highest BCUT2D eigenvalue weighted by Gasteiger charge is 2.26. The quantitative estimate of drug-likeness (QED) is 0.732. The first-order chi connectivity index (χ1) is 5.94. The number of benzene rings is 1. The van der Waals surface area contributed by atoms with E-state index in [0.29, 0.717) is 0 Å². The molecule has 0 bridgehead atoms. The molecule has 0 aliphatic heterocycles. The zero-order valence-corrected chi connectivity index (χ0v) is 8.28. The Morgan fingerprint density at radius 3 is 2.00 bits per heavy atom. The molecule has 1 atom stereocenters. The van der Waals surface area contributed by atoms with Crippen LogP contribution in [0.2, 0.25) is 0 Å². The molecule has 2 N–H and O–H groups in total. The van der Waals surface area contributed by atoms with Crippen LogP contribution in [-0.2, 0) is 5.60 Å². The predicted molar refractivity (Wildman–Crippen MR) is 52.5 cm³/mol. The van der Waals surface area contributed by atoms with E-state index < -0.39 is 5.60 Å². The normalized spacial score (nSPS) is 15.8. The van der Waals surface area contributed by atoms with E-state index in [4.69, 9.17) is 5.11 Å². The molecule has 0 heterocycles. The zero-order valence-electron chi connectivity index (χ0n) is 8.28. The maximum atomic E-state index is 10.1. The van der Waals surface area contributed by atoms with Gasteiger partial charge in [-0.05, 0) is 30.5 Å². The lowest BCUT2D eigenvalue weighted by Gasteiger charge is -2.28. The Balaban J connectivity index is 3.01. The first-order valence-corrected chi connectivity index (χ1v) is 4.46. The summed E-state index contributed by atoms with van der Waals surface area (Å²) in [6.07, 6.45) is 0. The Labute approximate surface area is 78.8 Å². The van der Waals surface area contributed by atoms with Crippen molar-refractivity contribution in [1.29, 1.82) is 0 Å². The largest absolute Gasteiger partial charge is 0.508 e. The summed E-state index contributed by atoms with van der Waals surface area (Å²) in [5, 5.41) is 19.2. The molecular weight excluding hydrogens is 164 g/mol. The highest BCUT2D eigenvalue weighted by atomic mass is 16.3. The number of phenolic OH excluding ortho intramolecular Hbond substituents is 1. The molecule has 1 unspecified atom stereocenters. The van der Waals surface area contributed by atoms with Gasteiger partial charge in [-0.2, -0.15) is 0 Å². The minimum Gasteiger partial charge on any atom is -0.508 e. The van der Waals surface area contributed by atoms with E-state index in [1.54, 1.807) is 31.2 Å². The molecule has 1 aromatic rings. The van der Waals surface area contributed by atoms with Gasteiger partial charge in [0.1, 0.15) is 5.75 Å². The van der Waals surface area contributed by atoms with Crippen molar-refractivity contribution in [2.75, 3.05) is 0 Å². The lowest BCUT2D eigenvalue weighted by atomic mass is 9.85. The molecule has 0 spiro atoms. The second-order valence-corrected chi connectivity index (χ2v) is 3.85. The molecule has 13 heavy (non-hydrogen) atoms. The van der Waals surface area contributed by atoms with Crippen LogP contribution in [0.15, 0.2) is 24.3 Å². The third kappa shape index (κ3) is 2.01. The molecule has 72 valence electrons. The average Bonchev–Trinajstić information content (AvgIpc) is 2.04. The van der Waals surface area contributed by atoms with Crippen molar-refractivity contribution in [3.8, 4) is 5.75 Å². The van der Waals surface area contributed by atoms with Gasteiger partial charge in [-0.1, -0.05) is 26.0 Å². The molecule has 0 fully saturated rings. The minimum atomic E-state index is -0.826. The molecule has 0 saturated carbocycles. The van der Waals surface area contributed by atoms with Gasteiger partial charge in [-0.3, -0.25) is 0 Å². The van der Waals surface area contributed by atoms with Gasteiger partial charge in [0.25, 0.3) is 0 Å². The van der Waals surface area contributed by atoms with Crippen molar-refractivity contribution in [2.45, 2.75) is 26.4 Å². The SMILES string of the molecule is CC(C)C(C)(O)c1ccc(O)cc1. The third-order valence-electron chi connectivity index (χ3n) is 2.58. The fraction of sp³-hybridized carbons (Fsp3) is 0.455. The van der Waals surface area contributed by atoms with E-state index in [9.17, 15) is 5.11 Å². The maximum Gasteiger partial charge on any atom is 0.115 e. The topological polar surface area (TPSA) is 40.5 Å². The van der Waals surface area contributed by atoms with Gasteiger partial charge in [0, 0.05) is 0 Å². The van der Waals surface area contributed by atoms with Gasteiger partial charge < -0.3 is 10.2 Å². The molecule has 0 radical (unpaired) electrons. The molecule has 0 aliphatic rings. The van der Waals surface area contributed by atoms with Crippen molar-refractivity contribution < 1.29 is 10.2 Å². The molecule has 0 saturated heterocycles. The second-order valence-electron chi connectivity index (χ2n) is 3.85. The fourth-order valence-electron chi connectivity index (χ4n) is 1.13. The Hall–Kier alpha value is -1.02. The standard InChI is InChI=1S/C11H16O2/c1-8(2)11(3,13)9-4-6-10(12)7-5-9/h4-8,12-13H,1-3H3. The van der Waals surface area contributed by atoms with Crippen LogP contribution in [0.1, 0.15) is 26.3 Å². The van der Waals surface area contributed by atoms with Gasteiger partial charge in [-0.25, -0.2) is 0 Å². The molecule has 1 aromatic carbocycles. The van der Waals surface area contributed by atoms with Crippen LogP contribution in [0, 0.1) is 5.92 Å². The van der Waals surface area contributed by atoms with Crippen LogP contribution in [-0.4, -0.2) is 10.2 Å². The fourth-order valence-corrected chi connectivity index (χ4v) is 1.13. The summed E-state index contributed by atoms with van der Waals surface area (Å²) >= 11 is 0. The van der Waals surface area contributed by atoms with Crippen LogP contribution >= 0.6 is 0 Å². The molecule has 0 aromatic heterocycles. The Bertz CT molecular complexity index is 273. The molecule has 1 rings (SSSR count). The number of aromatic hydroxyl groups is 1. The number of phenols is 1. The molecular formula is C11H16O2. The third-order valence-corrected chi connectivity index (χ3v) is 2.58. The highest BCUT2D eigenvalue weighted by Crippen LogP contribution is 2.29. The lowest BCUT2D eigenvalue weighted by molar-refractivity contribution is 0.00902. The van der Waals surface area contributed by atoms with E-state index >= 15 is 0 Å². The Morgan fingerprint density at radius 1 is 1.15 bits per heavy atom. The van der Waals surface area contributed by atoms with Crippen molar-refractivity contribution in [3.63, 3.8) is 0 Å². The van der Waals surface area contributed by atoms with Gasteiger partial charge in [0.05, 0.1) is 5.60 Å². The molecule has 2 heteroatoms. The minimum absolute atomic E-state index is 0.150. The maximum absolute atomic E-state index is 10.1. The van der Waals surface area contributed by atoms with Gasteiger partial charge in [-0.15, -0.1) is 0 Å². The van der Waals surface area contributed by atoms with Crippen LogP contribution in [0.25, 0.3) is 0 Å². The zero-order chi connectivity index (χ0) is 10.1. The second kappa shape index (κ2) is 3.38. The van der Waals surface area contributed by atoms with Crippen molar-refractivity contribution in [1.82, 2.24) is 0 Å². The van der Waals surface area contributed by atoms with Gasteiger partial charge in [0.15, 0.2) is 0 Å². The summed E-state index contributed by atoms with van der Waals surface area (Å²) in [5.74, 6) is 0.375. The summed E-state index contributed by atoms with van der Waals surface area (Å²) in [4.78, 5) is 0. The van der Waals surface area contributed by atoms with Gasteiger partial charge in [0.2, 0.25) is 0 Å². The number of hydrogen-bond donors (Lipinski definition) is 2. The summed E-state index contributed by atoms with van der Waals surface area (Å²) in [6, 6.07) is 6.67. The number of hydrogen-bond acceptors (Lipinski definition) is 2. The van der Waals surface area contributed by atoms with E-state index in [1.165, 1.54) is 0 Å². The predicted octanol–water partition coefficient (Wildman–Crippen LogP) is 2.26. The first kappa shape index (κ1) is 10.1. The van der Waals surface area contributed by atoms with Crippen LogP contribution in [0.3, 0.4) is 0 Å². The lowest BCUT2D eigenvalue weighted by Crippen LogP contribution is -2.27. The molecule has 0 amide bonds. The number of aliphatic hydroxyl groups is 1. The first-order valence-electron chi connectivity index (χ1n) is 4.46.